The highest BCUT2D eigenvalue weighted by molar-refractivity contribution is 5.79. The van der Waals surface area contributed by atoms with E-state index in [-0.39, 0.29) is 17.9 Å². The number of piperidine rings is 1. The van der Waals surface area contributed by atoms with Crippen LogP contribution in [-0.4, -0.2) is 31.0 Å². The lowest BCUT2D eigenvalue weighted by Gasteiger charge is -2.32. The maximum atomic E-state index is 12.6. The van der Waals surface area contributed by atoms with Gasteiger partial charge in [0.1, 0.15) is 5.75 Å². The van der Waals surface area contributed by atoms with Crippen LogP contribution in [-0.2, 0) is 11.3 Å². The fourth-order valence-corrected chi connectivity index (χ4v) is 3.58. The van der Waals surface area contributed by atoms with Gasteiger partial charge in [-0.25, -0.2) is 0 Å². The van der Waals surface area contributed by atoms with E-state index in [9.17, 15) is 4.79 Å². The Bertz CT molecular complexity index is 709. The average Bonchev–Trinajstić information content (AvgIpc) is 2.69. The van der Waals surface area contributed by atoms with Gasteiger partial charge >= 0.3 is 0 Å². The van der Waals surface area contributed by atoms with Crippen molar-refractivity contribution in [3.63, 3.8) is 0 Å². The first-order valence-corrected chi connectivity index (χ1v) is 9.37. The molecule has 26 heavy (non-hydrogen) atoms. The summed E-state index contributed by atoms with van der Waals surface area (Å²) in [7, 11) is 1.71. The summed E-state index contributed by atoms with van der Waals surface area (Å²) in [5.74, 6) is 1.22. The number of para-hydroxylation sites is 1. The lowest BCUT2D eigenvalue weighted by atomic mass is 9.94. The fourth-order valence-electron chi connectivity index (χ4n) is 3.58. The molecule has 1 N–H and O–H groups in total. The maximum Gasteiger partial charge on any atom is 0.223 e. The highest BCUT2D eigenvalue weighted by Crippen LogP contribution is 2.24. The molecule has 2 aromatic carbocycles. The van der Waals surface area contributed by atoms with Crippen molar-refractivity contribution in [2.24, 2.45) is 5.92 Å². The van der Waals surface area contributed by atoms with Crippen molar-refractivity contribution in [1.82, 2.24) is 10.2 Å². The molecule has 3 rings (SSSR count). The molecule has 1 amide bonds. The Morgan fingerprint density at radius 2 is 1.77 bits per heavy atom. The van der Waals surface area contributed by atoms with E-state index in [1.165, 1.54) is 5.56 Å². The number of nitrogens with zero attached hydrogens (tertiary/aromatic N) is 1. The summed E-state index contributed by atoms with van der Waals surface area (Å²) in [6.45, 7) is 4.80. The van der Waals surface area contributed by atoms with Crippen molar-refractivity contribution in [3.05, 3.63) is 65.7 Å². The number of benzene rings is 2. The van der Waals surface area contributed by atoms with E-state index in [0.29, 0.717) is 0 Å². The number of methoxy groups -OCH3 is 1. The molecule has 4 heteroatoms. The summed E-state index contributed by atoms with van der Waals surface area (Å²) in [5, 5.41) is 3.17. The molecule has 4 nitrogen and oxygen atoms in total. The summed E-state index contributed by atoms with van der Waals surface area (Å²) in [4.78, 5) is 15.0. The third-order valence-electron chi connectivity index (χ3n) is 5.20. The zero-order chi connectivity index (χ0) is 18.4. The van der Waals surface area contributed by atoms with Crippen LogP contribution in [0.25, 0.3) is 0 Å². The quantitative estimate of drug-likeness (QED) is 0.860. The Kier molecular flexibility index (Phi) is 6.29. The third kappa shape index (κ3) is 4.64. The van der Waals surface area contributed by atoms with Crippen LogP contribution in [0.15, 0.2) is 54.6 Å². The van der Waals surface area contributed by atoms with Crippen molar-refractivity contribution in [2.75, 3.05) is 20.2 Å². The van der Waals surface area contributed by atoms with Gasteiger partial charge in [0.05, 0.1) is 13.2 Å². The fraction of sp³-hybridized carbons (Fsp3) is 0.409. The monoisotopic (exact) mass is 352 g/mol. The van der Waals surface area contributed by atoms with Crippen LogP contribution < -0.4 is 10.1 Å². The molecule has 2 aromatic rings. The van der Waals surface area contributed by atoms with Crippen molar-refractivity contribution in [2.45, 2.75) is 32.4 Å². The number of nitrogens with one attached hydrogen (secondary N) is 1. The summed E-state index contributed by atoms with van der Waals surface area (Å²) in [6.07, 6.45) is 1.81. The summed E-state index contributed by atoms with van der Waals surface area (Å²) in [6, 6.07) is 18.3. The lowest BCUT2D eigenvalue weighted by molar-refractivity contribution is -0.127. The Balaban J connectivity index is 1.49. The summed E-state index contributed by atoms with van der Waals surface area (Å²) < 4.78 is 5.44. The van der Waals surface area contributed by atoms with Crippen molar-refractivity contribution in [3.8, 4) is 5.75 Å². The minimum absolute atomic E-state index is 0.0512. The SMILES string of the molecule is COc1ccccc1CN1CCC(C(=O)N[C@H](C)c2ccccc2)CC1. The smallest absolute Gasteiger partial charge is 0.223 e. The molecule has 0 aliphatic carbocycles. The molecule has 1 aliphatic rings. The minimum Gasteiger partial charge on any atom is -0.496 e. The van der Waals surface area contributed by atoms with Gasteiger partial charge in [-0.05, 0) is 44.5 Å². The molecule has 0 spiro atoms. The van der Waals surface area contributed by atoms with Gasteiger partial charge in [0.15, 0.2) is 0 Å². The van der Waals surface area contributed by atoms with Crippen LogP contribution in [0.3, 0.4) is 0 Å². The molecule has 1 saturated heterocycles. The highest BCUT2D eigenvalue weighted by Gasteiger charge is 2.26. The molecule has 1 heterocycles. The zero-order valence-corrected chi connectivity index (χ0v) is 15.7. The van der Waals surface area contributed by atoms with E-state index >= 15 is 0 Å². The molecular formula is C22H28N2O2. The van der Waals surface area contributed by atoms with E-state index in [1.54, 1.807) is 7.11 Å². The zero-order valence-electron chi connectivity index (χ0n) is 15.7. The molecule has 0 aromatic heterocycles. The van der Waals surface area contributed by atoms with E-state index in [4.69, 9.17) is 4.74 Å². The van der Waals surface area contributed by atoms with Crippen LogP contribution in [0.2, 0.25) is 0 Å². The number of rotatable bonds is 6. The van der Waals surface area contributed by atoms with Gasteiger partial charge in [-0.15, -0.1) is 0 Å². The minimum atomic E-state index is 0.0512. The van der Waals surface area contributed by atoms with E-state index in [1.807, 2.05) is 43.3 Å². The second-order valence-corrected chi connectivity index (χ2v) is 7.00. The number of likely N-dealkylation sites (tertiary alicyclic amines) is 1. The van der Waals surface area contributed by atoms with Crippen LogP contribution in [0.4, 0.5) is 0 Å². The van der Waals surface area contributed by atoms with Gasteiger partial charge in [-0.3, -0.25) is 9.69 Å². The maximum absolute atomic E-state index is 12.6. The van der Waals surface area contributed by atoms with Crippen LogP contribution in [0, 0.1) is 5.92 Å². The van der Waals surface area contributed by atoms with Gasteiger partial charge in [-0.1, -0.05) is 48.5 Å². The first-order chi connectivity index (χ1) is 12.7. The second-order valence-electron chi connectivity index (χ2n) is 7.00. The van der Waals surface area contributed by atoms with Crippen LogP contribution >= 0.6 is 0 Å². The number of carbonyl (C=O) groups excluding carboxylic acids is 1. The average molecular weight is 352 g/mol. The third-order valence-corrected chi connectivity index (χ3v) is 5.20. The molecule has 0 bridgehead atoms. The first-order valence-electron chi connectivity index (χ1n) is 9.37. The van der Waals surface area contributed by atoms with Crippen molar-refractivity contribution in [1.29, 1.82) is 0 Å². The van der Waals surface area contributed by atoms with Crippen LogP contribution in [0.5, 0.6) is 5.75 Å². The molecule has 0 radical (unpaired) electrons. The summed E-state index contributed by atoms with van der Waals surface area (Å²) in [5.41, 5.74) is 2.35. The van der Waals surface area contributed by atoms with E-state index in [0.717, 1.165) is 43.8 Å². The largest absolute Gasteiger partial charge is 0.496 e. The molecular weight excluding hydrogens is 324 g/mol. The van der Waals surface area contributed by atoms with Crippen molar-refractivity contribution < 1.29 is 9.53 Å². The Hall–Kier alpha value is -2.33. The predicted octanol–water partition coefficient (Wildman–Crippen LogP) is 3.78. The molecule has 1 aliphatic heterocycles. The van der Waals surface area contributed by atoms with Gasteiger partial charge in [0.25, 0.3) is 0 Å². The first kappa shape index (κ1) is 18.5. The lowest BCUT2D eigenvalue weighted by Crippen LogP contribution is -2.40. The summed E-state index contributed by atoms with van der Waals surface area (Å²) >= 11 is 0. The number of hydrogen-bond acceptors (Lipinski definition) is 3. The Morgan fingerprint density at radius 1 is 1.12 bits per heavy atom. The topological polar surface area (TPSA) is 41.6 Å². The number of hydrogen-bond donors (Lipinski definition) is 1. The predicted molar refractivity (Wildman–Crippen MR) is 104 cm³/mol. The van der Waals surface area contributed by atoms with E-state index in [2.05, 4.69) is 28.4 Å². The van der Waals surface area contributed by atoms with Crippen molar-refractivity contribution >= 4 is 5.91 Å². The normalized spacial score (nSPS) is 16.8. The standard InChI is InChI=1S/C22H28N2O2/c1-17(18-8-4-3-5-9-18)23-22(25)19-12-14-24(15-13-19)16-20-10-6-7-11-21(20)26-2/h3-11,17,19H,12-16H2,1-2H3,(H,23,25)/t17-/m1/s1. The number of amides is 1. The molecule has 0 unspecified atom stereocenters. The molecule has 1 fully saturated rings. The molecule has 0 saturated carbocycles. The second kappa shape index (κ2) is 8.86. The van der Waals surface area contributed by atoms with Gasteiger partial charge in [-0.2, -0.15) is 0 Å². The Morgan fingerprint density at radius 3 is 2.46 bits per heavy atom. The van der Waals surface area contributed by atoms with Gasteiger partial charge in [0, 0.05) is 18.0 Å². The molecule has 1 atom stereocenters. The van der Waals surface area contributed by atoms with E-state index < -0.39 is 0 Å². The molecule has 138 valence electrons. The van der Waals surface area contributed by atoms with Gasteiger partial charge in [0.2, 0.25) is 5.91 Å². The Labute approximate surface area is 156 Å². The number of carbonyl (C=O) groups is 1. The number of ether oxygens (including phenoxy) is 1. The highest BCUT2D eigenvalue weighted by atomic mass is 16.5. The van der Waals surface area contributed by atoms with Gasteiger partial charge < -0.3 is 10.1 Å². The van der Waals surface area contributed by atoms with Crippen LogP contribution in [0.1, 0.15) is 36.9 Å².